The minimum atomic E-state index is -2.55. The normalized spacial score (nSPS) is 25.7. The Morgan fingerprint density at radius 2 is 2.18 bits per heavy atom. The molecule has 2 unspecified atom stereocenters. The Balaban J connectivity index is 1.57. The van der Waals surface area contributed by atoms with Gasteiger partial charge >= 0.3 is 8.25 Å². The molecule has 0 amide bonds. The molecule has 0 aliphatic carbocycles. The van der Waals surface area contributed by atoms with Crippen molar-refractivity contribution in [3.63, 3.8) is 0 Å². The Hall–Kier alpha value is -1.93. The van der Waals surface area contributed by atoms with Gasteiger partial charge in [-0.3, -0.25) is 19.1 Å². The Morgan fingerprint density at radius 1 is 1.47 bits per heavy atom. The van der Waals surface area contributed by atoms with Crippen molar-refractivity contribution >= 4 is 42.2 Å². The first kappa shape index (κ1) is 26.7. The number of aliphatic hydroxyl groups is 2. The van der Waals surface area contributed by atoms with Gasteiger partial charge in [0.25, 0.3) is 5.56 Å². The van der Waals surface area contributed by atoms with Crippen LogP contribution in [0.25, 0.3) is 11.2 Å². The van der Waals surface area contributed by atoms with Gasteiger partial charge in [0, 0.05) is 15.7 Å². The van der Waals surface area contributed by atoms with Gasteiger partial charge in [-0.15, -0.1) is 9.05 Å². The van der Waals surface area contributed by atoms with Gasteiger partial charge in [-0.05, 0) is 13.3 Å². The summed E-state index contributed by atoms with van der Waals surface area (Å²) in [4.78, 5) is 34.4. The second-order valence-corrected chi connectivity index (χ2v) is 10.7. The zero-order valence-electron chi connectivity index (χ0n) is 19.3. The summed E-state index contributed by atoms with van der Waals surface area (Å²) in [7, 11) is -2.55. The second kappa shape index (κ2) is 10.4. The lowest BCUT2D eigenvalue weighted by atomic mass is 9.92. The van der Waals surface area contributed by atoms with Crippen LogP contribution in [-0.4, -0.2) is 71.6 Å². The van der Waals surface area contributed by atoms with Crippen LogP contribution >= 0.6 is 20.0 Å². The summed E-state index contributed by atoms with van der Waals surface area (Å²) in [6.45, 7) is 6.67. The van der Waals surface area contributed by atoms with Crippen LogP contribution in [0.2, 0.25) is 0 Å². The molecule has 1 aliphatic rings. The van der Waals surface area contributed by atoms with Gasteiger partial charge < -0.3 is 20.7 Å². The Kier molecular flexibility index (Phi) is 8.13. The second-order valence-electron chi connectivity index (χ2n) is 8.70. The number of ether oxygens (including phenoxy) is 1. The summed E-state index contributed by atoms with van der Waals surface area (Å²) in [6, 6.07) is 0. The third-order valence-corrected chi connectivity index (χ3v) is 7.69. The number of aromatic amines is 1. The molecule has 1 fully saturated rings. The van der Waals surface area contributed by atoms with Crippen molar-refractivity contribution in [2.75, 3.05) is 24.7 Å². The molecular weight excluding hydrogens is 489 g/mol. The van der Waals surface area contributed by atoms with Crippen molar-refractivity contribution in [2.24, 2.45) is 5.41 Å². The fraction of sp³-hybridized carbons (Fsp3) is 0.684. The number of nitrogens with zero attached hydrogens (tertiary/aromatic N) is 3. The van der Waals surface area contributed by atoms with Gasteiger partial charge in [-0.2, -0.15) is 4.98 Å². The molecule has 0 radical (unpaired) electrons. The summed E-state index contributed by atoms with van der Waals surface area (Å²) in [5, 5.41) is 21.5. The van der Waals surface area contributed by atoms with Crippen molar-refractivity contribution in [3.05, 3.63) is 16.7 Å². The highest BCUT2D eigenvalue weighted by molar-refractivity contribution is 8.13. The molecule has 15 heteroatoms. The fourth-order valence-electron chi connectivity index (χ4n) is 3.25. The van der Waals surface area contributed by atoms with E-state index in [4.69, 9.17) is 19.5 Å². The molecule has 0 bridgehead atoms. The lowest BCUT2D eigenvalue weighted by Gasteiger charge is -2.27. The number of rotatable bonds is 10. The summed E-state index contributed by atoms with van der Waals surface area (Å²) in [5.74, 6) is 0.166. The number of nitrogens with one attached hydrogen (secondary N) is 1. The Morgan fingerprint density at radius 3 is 2.85 bits per heavy atom. The van der Waals surface area contributed by atoms with Gasteiger partial charge in [0.2, 0.25) is 5.95 Å². The van der Waals surface area contributed by atoms with E-state index < -0.39 is 43.3 Å². The van der Waals surface area contributed by atoms with E-state index in [1.54, 1.807) is 0 Å². The van der Waals surface area contributed by atoms with Crippen LogP contribution in [0.15, 0.2) is 11.1 Å². The molecule has 34 heavy (non-hydrogen) atoms. The number of anilines is 1. The van der Waals surface area contributed by atoms with E-state index in [1.807, 2.05) is 20.8 Å². The van der Waals surface area contributed by atoms with Crippen LogP contribution in [0.3, 0.4) is 0 Å². The molecule has 13 nitrogen and oxygen atoms in total. The summed E-state index contributed by atoms with van der Waals surface area (Å²) >= 11 is 1.10. The Labute approximate surface area is 200 Å². The van der Waals surface area contributed by atoms with Gasteiger partial charge in [0.05, 0.1) is 6.33 Å². The standard InChI is InChI=1S/C19H28N5O8PS/c1-5-18(2,3)16(27)34-7-6-30-33(29)31-8-10-12(25)19(4,28)15(32-10)24-9-21-11-13(24)22-17(20)23-14(11)26/h9-10,12,15,25,28H,5-8H2,1-4H3,(H2-,20,22,23,26)/p+1/t10-,12+,15-,19?/m1/s1. The number of fused-ring (bicyclic) bond motifs is 1. The highest BCUT2D eigenvalue weighted by Gasteiger charge is 2.54. The van der Waals surface area contributed by atoms with E-state index in [-0.39, 0.29) is 35.4 Å². The van der Waals surface area contributed by atoms with Gasteiger partial charge in [0.1, 0.15) is 31.0 Å². The van der Waals surface area contributed by atoms with Crippen LogP contribution in [0, 0.1) is 5.41 Å². The molecule has 2 aromatic rings. The highest BCUT2D eigenvalue weighted by atomic mass is 32.2. The van der Waals surface area contributed by atoms with Gasteiger partial charge in [-0.1, -0.05) is 32.5 Å². The third-order valence-electron chi connectivity index (χ3n) is 5.75. The molecule has 3 rings (SSSR count). The highest BCUT2D eigenvalue weighted by Crippen LogP contribution is 2.40. The van der Waals surface area contributed by atoms with Crippen LogP contribution < -0.4 is 11.3 Å². The first-order valence-corrected chi connectivity index (χ1v) is 12.6. The molecular formula is C19H29N5O8PS+. The molecule has 3 heterocycles. The summed E-state index contributed by atoms with van der Waals surface area (Å²) < 4.78 is 29.4. The number of carbonyl (C=O) groups excluding carboxylic acids is 1. The molecule has 1 saturated heterocycles. The molecule has 5 atom stereocenters. The smallest absolute Gasteiger partial charge is 0.387 e. The molecule has 5 N–H and O–H groups in total. The largest absolute Gasteiger partial charge is 0.697 e. The van der Waals surface area contributed by atoms with Crippen LogP contribution in [0.1, 0.15) is 40.3 Å². The van der Waals surface area contributed by atoms with E-state index in [9.17, 15) is 24.4 Å². The zero-order chi connectivity index (χ0) is 25.3. The van der Waals surface area contributed by atoms with E-state index in [2.05, 4.69) is 15.0 Å². The van der Waals surface area contributed by atoms with Crippen molar-refractivity contribution in [3.8, 4) is 0 Å². The number of aromatic nitrogens is 4. The minimum absolute atomic E-state index is 0.0158. The van der Waals surface area contributed by atoms with Crippen molar-refractivity contribution in [1.29, 1.82) is 0 Å². The van der Waals surface area contributed by atoms with Gasteiger partial charge in [-0.25, -0.2) is 4.98 Å². The van der Waals surface area contributed by atoms with E-state index in [1.165, 1.54) is 17.8 Å². The van der Waals surface area contributed by atoms with E-state index in [0.29, 0.717) is 12.2 Å². The number of nitrogen functional groups attached to an aromatic ring is 1. The number of aliphatic hydroxyl groups excluding tert-OH is 1. The maximum atomic E-state index is 12.1. The van der Waals surface area contributed by atoms with Crippen molar-refractivity contribution < 1.29 is 33.4 Å². The number of thioether (sulfide) groups is 1. The molecule has 0 saturated carbocycles. The fourth-order valence-corrected chi connectivity index (χ4v) is 4.84. The summed E-state index contributed by atoms with van der Waals surface area (Å²) in [5.41, 5.74) is 2.82. The number of carbonyl (C=O) groups is 1. The first-order chi connectivity index (χ1) is 15.9. The molecule has 0 spiro atoms. The quantitative estimate of drug-likeness (QED) is 0.259. The topological polar surface area (TPSA) is 192 Å². The average Bonchev–Trinajstić information content (AvgIpc) is 3.28. The maximum Gasteiger partial charge on any atom is 0.697 e. The lowest BCUT2D eigenvalue weighted by Crippen LogP contribution is -2.44. The first-order valence-electron chi connectivity index (χ1n) is 10.6. The SMILES string of the molecule is CCC(C)(C)C(=O)SCCO[P+](=O)OC[C@H]1O[C@@H](n2cnc3c(=O)[nH]c(N)nc32)C(C)(O)[C@H]1O. The van der Waals surface area contributed by atoms with Crippen LogP contribution in [0.5, 0.6) is 0 Å². The summed E-state index contributed by atoms with van der Waals surface area (Å²) in [6.07, 6.45) is -1.73. The minimum Gasteiger partial charge on any atom is -0.387 e. The zero-order valence-corrected chi connectivity index (χ0v) is 21.0. The monoisotopic (exact) mass is 518 g/mol. The molecule has 0 aromatic carbocycles. The molecule has 1 aliphatic heterocycles. The van der Waals surface area contributed by atoms with Crippen molar-refractivity contribution in [2.45, 2.75) is 58.2 Å². The number of imidazole rings is 1. The number of nitrogens with two attached hydrogens (primary N) is 1. The average molecular weight is 519 g/mol. The van der Waals surface area contributed by atoms with Crippen LogP contribution in [0.4, 0.5) is 5.95 Å². The number of H-pyrrole nitrogens is 1. The lowest BCUT2D eigenvalue weighted by molar-refractivity contribution is -0.118. The van der Waals surface area contributed by atoms with E-state index in [0.717, 1.165) is 11.8 Å². The Bertz CT molecular complexity index is 1120. The van der Waals surface area contributed by atoms with Gasteiger partial charge in [0.15, 0.2) is 22.5 Å². The number of hydrogen-bond acceptors (Lipinski definition) is 12. The molecule has 188 valence electrons. The maximum absolute atomic E-state index is 12.1. The van der Waals surface area contributed by atoms with E-state index >= 15 is 0 Å². The number of hydrogen-bond donors (Lipinski definition) is 4. The predicted molar refractivity (Wildman–Crippen MR) is 124 cm³/mol. The predicted octanol–water partition coefficient (Wildman–Crippen LogP) is 1.10. The van der Waals surface area contributed by atoms with Crippen molar-refractivity contribution in [1.82, 2.24) is 19.5 Å². The van der Waals surface area contributed by atoms with Crippen LogP contribution in [-0.2, 0) is 23.1 Å². The molecule has 2 aromatic heterocycles. The third kappa shape index (κ3) is 5.48.